The van der Waals surface area contributed by atoms with Gasteiger partial charge >= 0.3 is 0 Å². The lowest BCUT2D eigenvalue weighted by Crippen LogP contribution is -2.47. The molecule has 1 fully saturated rings. The minimum atomic E-state index is -0.191. The van der Waals surface area contributed by atoms with Crippen LogP contribution < -0.4 is 10.6 Å². The van der Waals surface area contributed by atoms with Gasteiger partial charge in [-0.1, -0.05) is 6.92 Å². The van der Waals surface area contributed by atoms with E-state index in [1.165, 1.54) is 0 Å². The van der Waals surface area contributed by atoms with Gasteiger partial charge in [0.1, 0.15) is 0 Å². The number of aromatic nitrogens is 2. The van der Waals surface area contributed by atoms with E-state index in [1.54, 1.807) is 6.20 Å². The summed E-state index contributed by atoms with van der Waals surface area (Å²) in [6, 6.07) is 0.00885. The zero-order valence-electron chi connectivity index (χ0n) is 11.1. The second-order valence-electron chi connectivity index (χ2n) is 5.11. The maximum Gasteiger partial charge on any atom is 0.226 e. The van der Waals surface area contributed by atoms with Crippen LogP contribution in [0.2, 0.25) is 0 Å². The molecule has 1 aromatic heterocycles. The van der Waals surface area contributed by atoms with Gasteiger partial charge in [0.2, 0.25) is 5.91 Å². The number of rotatable bonds is 4. The predicted octanol–water partition coefficient (Wildman–Crippen LogP) is 1.37. The Morgan fingerprint density at radius 3 is 2.83 bits per heavy atom. The Hall–Kier alpha value is -1.36. The number of nitrogens with one attached hydrogen (secondary N) is 3. The first-order valence-electron chi connectivity index (χ1n) is 6.68. The highest BCUT2D eigenvalue weighted by atomic mass is 16.2. The molecule has 1 aliphatic rings. The molecule has 1 aromatic rings. The molecule has 0 saturated carbocycles. The first kappa shape index (κ1) is 13.1. The number of amides is 1. The molecule has 0 spiro atoms. The van der Waals surface area contributed by atoms with Crippen LogP contribution in [0.25, 0.3) is 0 Å². The molecule has 1 unspecified atom stereocenters. The van der Waals surface area contributed by atoms with Crippen molar-refractivity contribution in [3.05, 3.63) is 18.0 Å². The van der Waals surface area contributed by atoms with E-state index in [0.717, 1.165) is 37.9 Å². The van der Waals surface area contributed by atoms with E-state index in [2.05, 4.69) is 27.8 Å². The van der Waals surface area contributed by atoms with Crippen LogP contribution in [0.3, 0.4) is 0 Å². The second-order valence-corrected chi connectivity index (χ2v) is 5.11. The van der Waals surface area contributed by atoms with Crippen molar-refractivity contribution in [2.45, 2.75) is 39.2 Å². The maximum absolute atomic E-state index is 12.5. The van der Waals surface area contributed by atoms with E-state index >= 15 is 0 Å². The summed E-state index contributed by atoms with van der Waals surface area (Å²) in [6.07, 6.45) is 6.33. The molecule has 0 radical (unpaired) electrons. The largest absolute Gasteiger partial charge is 0.349 e. The van der Waals surface area contributed by atoms with Gasteiger partial charge in [0, 0.05) is 11.8 Å². The van der Waals surface area contributed by atoms with Crippen LogP contribution in [-0.4, -0.2) is 29.2 Å². The van der Waals surface area contributed by atoms with Gasteiger partial charge < -0.3 is 10.6 Å². The smallest absolute Gasteiger partial charge is 0.226 e. The SMILES string of the molecule is CCC1(C(=O)NC(C)c2cn[nH]c2)CCNCC1. The molecule has 0 aromatic carbocycles. The molecule has 0 bridgehead atoms. The lowest BCUT2D eigenvalue weighted by molar-refractivity contribution is -0.133. The van der Waals surface area contributed by atoms with Crippen molar-refractivity contribution in [3.63, 3.8) is 0 Å². The summed E-state index contributed by atoms with van der Waals surface area (Å²) in [4.78, 5) is 12.5. The normalized spacial score (nSPS) is 20.3. The van der Waals surface area contributed by atoms with Gasteiger partial charge in [-0.25, -0.2) is 0 Å². The molecule has 18 heavy (non-hydrogen) atoms. The van der Waals surface area contributed by atoms with E-state index in [1.807, 2.05) is 13.1 Å². The first-order chi connectivity index (χ1) is 8.68. The third kappa shape index (κ3) is 2.56. The molecule has 1 amide bonds. The molecule has 5 nitrogen and oxygen atoms in total. The highest BCUT2D eigenvalue weighted by Crippen LogP contribution is 2.33. The number of carbonyl (C=O) groups excluding carboxylic acids is 1. The predicted molar refractivity (Wildman–Crippen MR) is 70.0 cm³/mol. The highest BCUT2D eigenvalue weighted by Gasteiger charge is 2.38. The number of piperidine rings is 1. The Kier molecular flexibility index (Phi) is 4.01. The summed E-state index contributed by atoms with van der Waals surface area (Å²) in [5.74, 6) is 0.181. The van der Waals surface area contributed by atoms with Crippen molar-refractivity contribution < 1.29 is 4.79 Å². The first-order valence-corrected chi connectivity index (χ1v) is 6.68. The Morgan fingerprint density at radius 1 is 1.56 bits per heavy atom. The topological polar surface area (TPSA) is 69.8 Å². The Morgan fingerprint density at radius 2 is 2.28 bits per heavy atom. The number of carbonyl (C=O) groups is 1. The molecule has 2 heterocycles. The van der Waals surface area contributed by atoms with E-state index < -0.39 is 0 Å². The van der Waals surface area contributed by atoms with Gasteiger partial charge in [0.15, 0.2) is 0 Å². The number of nitrogens with zero attached hydrogens (tertiary/aromatic N) is 1. The summed E-state index contributed by atoms with van der Waals surface area (Å²) in [7, 11) is 0. The lowest BCUT2D eigenvalue weighted by Gasteiger charge is -2.36. The summed E-state index contributed by atoms with van der Waals surface area (Å²) >= 11 is 0. The minimum Gasteiger partial charge on any atom is -0.349 e. The Labute approximate surface area is 108 Å². The van der Waals surface area contributed by atoms with Crippen molar-refractivity contribution in [3.8, 4) is 0 Å². The van der Waals surface area contributed by atoms with Crippen molar-refractivity contribution in [2.75, 3.05) is 13.1 Å². The molecule has 100 valence electrons. The molecular formula is C13H22N4O. The Balaban J connectivity index is 2.01. The number of hydrogen-bond acceptors (Lipinski definition) is 3. The minimum absolute atomic E-state index is 0.00885. The summed E-state index contributed by atoms with van der Waals surface area (Å²) in [6.45, 7) is 5.96. The van der Waals surface area contributed by atoms with Crippen LogP contribution in [-0.2, 0) is 4.79 Å². The average Bonchev–Trinajstić information content (AvgIpc) is 2.93. The van der Waals surface area contributed by atoms with Crippen molar-refractivity contribution in [1.82, 2.24) is 20.8 Å². The quantitative estimate of drug-likeness (QED) is 0.756. The molecule has 1 saturated heterocycles. The maximum atomic E-state index is 12.5. The molecule has 0 aliphatic carbocycles. The van der Waals surface area contributed by atoms with Crippen LogP contribution in [0, 0.1) is 5.41 Å². The molecule has 1 aliphatic heterocycles. The fourth-order valence-corrected chi connectivity index (χ4v) is 2.58. The van der Waals surface area contributed by atoms with E-state index in [9.17, 15) is 4.79 Å². The van der Waals surface area contributed by atoms with Crippen LogP contribution in [0.1, 0.15) is 44.7 Å². The van der Waals surface area contributed by atoms with Crippen LogP contribution >= 0.6 is 0 Å². The molecular weight excluding hydrogens is 228 g/mol. The van der Waals surface area contributed by atoms with Crippen molar-refractivity contribution >= 4 is 5.91 Å². The van der Waals surface area contributed by atoms with Crippen LogP contribution in [0.4, 0.5) is 0 Å². The fourth-order valence-electron chi connectivity index (χ4n) is 2.58. The standard InChI is InChI=1S/C13H22N4O/c1-3-13(4-6-14-7-5-13)12(18)17-10(2)11-8-15-16-9-11/h8-10,14H,3-7H2,1-2H3,(H,15,16)(H,17,18). The molecule has 5 heteroatoms. The summed E-state index contributed by atoms with van der Waals surface area (Å²) in [5.41, 5.74) is 0.826. The van der Waals surface area contributed by atoms with E-state index in [-0.39, 0.29) is 17.4 Å². The lowest BCUT2D eigenvalue weighted by atomic mass is 9.75. The highest BCUT2D eigenvalue weighted by molar-refractivity contribution is 5.83. The molecule has 2 rings (SSSR count). The third-order valence-electron chi connectivity index (χ3n) is 4.09. The molecule has 3 N–H and O–H groups in total. The Bertz CT molecular complexity index is 382. The van der Waals surface area contributed by atoms with Crippen molar-refractivity contribution in [2.24, 2.45) is 5.41 Å². The van der Waals surface area contributed by atoms with Gasteiger partial charge in [-0.05, 0) is 39.3 Å². The van der Waals surface area contributed by atoms with Gasteiger partial charge in [-0.3, -0.25) is 9.89 Å². The number of hydrogen-bond donors (Lipinski definition) is 3. The number of H-pyrrole nitrogens is 1. The zero-order chi connectivity index (χ0) is 13.0. The van der Waals surface area contributed by atoms with E-state index in [0.29, 0.717) is 0 Å². The monoisotopic (exact) mass is 250 g/mol. The van der Waals surface area contributed by atoms with Gasteiger partial charge in [0.25, 0.3) is 0 Å². The fraction of sp³-hybridized carbons (Fsp3) is 0.692. The second kappa shape index (κ2) is 5.52. The van der Waals surface area contributed by atoms with Gasteiger partial charge in [-0.15, -0.1) is 0 Å². The average molecular weight is 250 g/mol. The zero-order valence-corrected chi connectivity index (χ0v) is 11.1. The van der Waals surface area contributed by atoms with E-state index in [4.69, 9.17) is 0 Å². The summed E-state index contributed by atoms with van der Waals surface area (Å²) < 4.78 is 0. The van der Waals surface area contributed by atoms with Gasteiger partial charge in [-0.2, -0.15) is 5.10 Å². The summed E-state index contributed by atoms with van der Waals surface area (Å²) in [5, 5.41) is 13.1. The van der Waals surface area contributed by atoms with Crippen LogP contribution in [0.5, 0.6) is 0 Å². The number of aromatic amines is 1. The van der Waals surface area contributed by atoms with Gasteiger partial charge in [0.05, 0.1) is 17.7 Å². The molecule has 1 atom stereocenters. The third-order valence-corrected chi connectivity index (χ3v) is 4.09. The van der Waals surface area contributed by atoms with Crippen molar-refractivity contribution in [1.29, 1.82) is 0 Å². The van der Waals surface area contributed by atoms with Crippen LogP contribution in [0.15, 0.2) is 12.4 Å².